The molecule has 2 rings (SSSR count). The van der Waals surface area contributed by atoms with E-state index < -0.39 is 0 Å². The van der Waals surface area contributed by atoms with Crippen molar-refractivity contribution >= 4 is 23.2 Å². The van der Waals surface area contributed by atoms with Gasteiger partial charge in [0, 0.05) is 26.7 Å². The zero-order valence-electron chi connectivity index (χ0n) is 9.17. The maximum atomic E-state index is 5.96. The number of rotatable bonds is 4. The minimum atomic E-state index is 0.336. The first-order valence-corrected chi connectivity index (χ1v) is 6.13. The van der Waals surface area contributed by atoms with E-state index in [4.69, 9.17) is 27.9 Å². The standard InChI is InChI=1S/C10H15Cl2N3O/c1-15-8(9(11)14-10(15)12)6-13-5-7-3-2-4-16-7/h7,13H,2-6H2,1H3. The van der Waals surface area contributed by atoms with Crippen LogP contribution in [-0.4, -0.2) is 28.8 Å². The van der Waals surface area contributed by atoms with Crippen molar-refractivity contribution in [3.8, 4) is 0 Å². The second kappa shape index (κ2) is 5.36. The van der Waals surface area contributed by atoms with Crippen molar-refractivity contribution in [1.82, 2.24) is 14.9 Å². The van der Waals surface area contributed by atoms with Crippen LogP contribution in [0.25, 0.3) is 0 Å². The summed E-state index contributed by atoms with van der Waals surface area (Å²) in [5, 5.41) is 4.19. The van der Waals surface area contributed by atoms with E-state index in [9.17, 15) is 0 Å². The lowest BCUT2D eigenvalue weighted by Gasteiger charge is -2.11. The average molecular weight is 264 g/mol. The van der Waals surface area contributed by atoms with Gasteiger partial charge in [-0.05, 0) is 24.4 Å². The fraction of sp³-hybridized carbons (Fsp3) is 0.700. The minimum Gasteiger partial charge on any atom is -0.377 e. The SMILES string of the molecule is Cn1c(Cl)nc(Cl)c1CNCC1CCCO1. The monoisotopic (exact) mass is 263 g/mol. The lowest BCUT2D eigenvalue weighted by atomic mass is 10.2. The molecule has 6 heteroatoms. The van der Waals surface area contributed by atoms with Crippen LogP contribution in [0, 0.1) is 0 Å². The highest BCUT2D eigenvalue weighted by Crippen LogP contribution is 2.19. The van der Waals surface area contributed by atoms with Crippen molar-refractivity contribution in [3.63, 3.8) is 0 Å². The molecule has 1 unspecified atom stereocenters. The molecule has 0 saturated carbocycles. The highest BCUT2D eigenvalue weighted by atomic mass is 35.5. The Morgan fingerprint density at radius 3 is 2.94 bits per heavy atom. The smallest absolute Gasteiger partial charge is 0.204 e. The summed E-state index contributed by atoms with van der Waals surface area (Å²) in [6.07, 6.45) is 2.62. The van der Waals surface area contributed by atoms with E-state index in [1.165, 1.54) is 0 Å². The molecule has 0 amide bonds. The number of hydrogen-bond acceptors (Lipinski definition) is 3. The third-order valence-corrected chi connectivity index (χ3v) is 3.44. The molecule has 0 spiro atoms. The summed E-state index contributed by atoms with van der Waals surface area (Å²) in [7, 11) is 1.85. The van der Waals surface area contributed by atoms with Gasteiger partial charge in [-0.15, -0.1) is 0 Å². The minimum absolute atomic E-state index is 0.336. The number of halogens is 2. The van der Waals surface area contributed by atoms with Crippen LogP contribution in [0.2, 0.25) is 10.4 Å². The molecule has 16 heavy (non-hydrogen) atoms. The summed E-state index contributed by atoms with van der Waals surface area (Å²) in [6, 6.07) is 0. The van der Waals surface area contributed by atoms with Crippen molar-refractivity contribution in [2.45, 2.75) is 25.5 Å². The van der Waals surface area contributed by atoms with Gasteiger partial charge in [0.2, 0.25) is 5.28 Å². The molecule has 2 heterocycles. The quantitative estimate of drug-likeness (QED) is 0.904. The molecule has 0 aromatic carbocycles. The van der Waals surface area contributed by atoms with Gasteiger partial charge in [-0.25, -0.2) is 4.98 Å². The third kappa shape index (κ3) is 2.69. The summed E-state index contributed by atoms with van der Waals surface area (Å²) in [6.45, 7) is 2.39. The summed E-state index contributed by atoms with van der Waals surface area (Å²) in [5.41, 5.74) is 0.907. The highest BCUT2D eigenvalue weighted by molar-refractivity contribution is 6.32. The largest absolute Gasteiger partial charge is 0.377 e. The molecule has 0 aliphatic carbocycles. The predicted octanol–water partition coefficient (Wildman–Crippen LogP) is 2.00. The number of hydrogen-bond donors (Lipinski definition) is 1. The van der Waals surface area contributed by atoms with E-state index in [1.807, 2.05) is 7.05 Å². The van der Waals surface area contributed by atoms with Gasteiger partial charge in [0.15, 0.2) is 5.15 Å². The number of aromatic nitrogens is 2. The zero-order valence-corrected chi connectivity index (χ0v) is 10.7. The van der Waals surface area contributed by atoms with Crippen LogP contribution < -0.4 is 5.32 Å². The Kier molecular flexibility index (Phi) is 4.08. The second-order valence-electron chi connectivity index (χ2n) is 3.94. The molecule has 1 aromatic heterocycles. The first kappa shape index (κ1) is 12.2. The Morgan fingerprint density at radius 1 is 1.56 bits per heavy atom. The van der Waals surface area contributed by atoms with Crippen LogP contribution in [-0.2, 0) is 18.3 Å². The first-order chi connectivity index (χ1) is 7.68. The molecule has 0 radical (unpaired) electrons. The maximum Gasteiger partial charge on any atom is 0.204 e. The zero-order chi connectivity index (χ0) is 11.5. The maximum absolute atomic E-state index is 5.96. The Labute approximate surface area is 105 Å². The lowest BCUT2D eigenvalue weighted by molar-refractivity contribution is 0.110. The van der Waals surface area contributed by atoms with Gasteiger partial charge in [0.1, 0.15) is 0 Å². The van der Waals surface area contributed by atoms with Crippen LogP contribution in [0.3, 0.4) is 0 Å². The van der Waals surface area contributed by atoms with Crippen LogP contribution >= 0.6 is 23.2 Å². The number of imidazole rings is 1. The average Bonchev–Trinajstić information content (AvgIpc) is 2.82. The van der Waals surface area contributed by atoms with Crippen molar-refractivity contribution < 1.29 is 4.74 Å². The molecular formula is C10H15Cl2N3O. The Hall–Kier alpha value is -0.290. The third-order valence-electron chi connectivity index (χ3n) is 2.80. The fourth-order valence-corrected chi connectivity index (χ4v) is 2.32. The van der Waals surface area contributed by atoms with Gasteiger partial charge in [-0.3, -0.25) is 0 Å². The summed E-state index contributed by atoms with van der Waals surface area (Å²) in [4.78, 5) is 3.98. The normalized spacial score (nSPS) is 20.6. The molecule has 1 saturated heterocycles. The molecule has 1 aliphatic heterocycles. The van der Waals surface area contributed by atoms with Crippen molar-refractivity contribution in [2.75, 3.05) is 13.2 Å². The van der Waals surface area contributed by atoms with E-state index in [0.717, 1.165) is 31.7 Å². The summed E-state index contributed by atoms with van der Waals surface area (Å²) < 4.78 is 7.30. The molecule has 1 aromatic rings. The van der Waals surface area contributed by atoms with Crippen molar-refractivity contribution in [3.05, 3.63) is 16.1 Å². The van der Waals surface area contributed by atoms with E-state index in [2.05, 4.69) is 10.3 Å². The van der Waals surface area contributed by atoms with Gasteiger partial charge in [0.05, 0.1) is 11.8 Å². The number of nitrogens with one attached hydrogen (secondary N) is 1. The van der Waals surface area contributed by atoms with Gasteiger partial charge < -0.3 is 14.6 Å². The van der Waals surface area contributed by atoms with E-state index in [1.54, 1.807) is 4.57 Å². The first-order valence-electron chi connectivity index (χ1n) is 5.37. The fourth-order valence-electron chi connectivity index (χ4n) is 1.82. The van der Waals surface area contributed by atoms with Crippen molar-refractivity contribution in [1.29, 1.82) is 0 Å². The molecule has 1 fully saturated rings. The molecule has 90 valence electrons. The Balaban J connectivity index is 1.84. The highest BCUT2D eigenvalue weighted by Gasteiger charge is 2.16. The van der Waals surface area contributed by atoms with Crippen LogP contribution in [0.1, 0.15) is 18.5 Å². The van der Waals surface area contributed by atoms with Gasteiger partial charge in [0.25, 0.3) is 0 Å². The number of ether oxygens (including phenoxy) is 1. The predicted molar refractivity (Wildman–Crippen MR) is 63.9 cm³/mol. The molecule has 1 aliphatic rings. The van der Waals surface area contributed by atoms with Crippen LogP contribution in [0.15, 0.2) is 0 Å². The number of nitrogens with zero attached hydrogens (tertiary/aromatic N) is 2. The topological polar surface area (TPSA) is 39.1 Å². The van der Waals surface area contributed by atoms with Gasteiger partial charge >= 0.3 is 0 Å². The molecule has 4 nitrogen and oxygen atoms in total. The second-order valence-corrected chi connectivity index (χ2v) is 4.64. The van der Waals surface area contributed by atoms with Crippen molar-refractivity contribution in [2.24, 2.45) is 7.05 Å². The molecule has 0 bridgehead atoms. The van der Waals surface area contributed by atoms with Crippen LogP contribution in [0.5, 0.6) is 0 Å². The summed E-state index contributed by atoms with van der Waals surface area (Å²) in [5.74, 6) is 0. The summed E-state index contributed by atoms with van der Waals surface area (Å²) >= 11 is 11.8. The molecule has 1 N–H and O–H groups in total. The van der Waals surface area contributed by atoms with E-state index >= 15 is 0 Å². The molecular weight excluding hydrogens is 249 g/mol. The Morgan fingerprint density at radius 2 is 2.38 bits per heavy atom. The Bertz CT molecular complexity index is 361. The van der Waals surface area contributed by atoms with Gasteiger partial charge in [-0.2, -0.15) is 0 Å². The van der Waals surface area contributed by atoms with Gasteiger partial charge in [-0.1, -0.05) is 11.6 Å². The van der Waals surface area contributed by atoms with E-state index in [-0.39, 0.29) is 0 Å². The van der Waals surface area contributed by atoms with Crippen LogP contribution in [0.4, 0.5) is 0 Å². The molecule has 1 atom stereocenters. The van der Waals surface area contributed by atoms with E-state index in [0.29, 0.717) is 23.1 Å². The lowest BCUT2D eigenvalue weighted by Crippen LogP contribution is -2.26.